The molecule has 2 heterocycles. The number of ether oxygens (including phenoxy) is 1. The number of carbonyl (C=O) groups excluding carboxylic acids is 1. The van der Waals surface area contributed by atoms with Gasteiger partial charge in [0.15, 0.2) is 5.84 Å². The van der Waals surface area contributed by atoms with Gasteiger partial charge in [-0.1, -0.05) is 40.7 Å². The molecule has 1 amide bonds. The number of hydrogen-bond acceptors (Lipinski definition) is 5. The standard InChI is InChI=1S/C28H42N4O2/c1-8-11-21(6)32-26(22(7)20(5)9-2)28(33)29-27(30-32)24-18-23(12-13-25(24)34-10-3)31-16-14-19(4)15-17-31/h12-13,18-20H,6,8-11,14-17H2,1-5,7H3,(H,29,30,33)/b26-22-. The number of benzene rings is 1. The smallest absolute Gasteiger partial charge is 0.275 e. The Labute approximate surface area is 205 Å². The van der Waals surface area contributed by atoms with E-state index in [1.165, 1.54) is 12.8 Å². The van der Waals surface area contributed by atoms with Crippen molar-refractivity contribution in [3.63, 3.8) is 0 Å². The number of anilines is 1. The number of piperidine rings is 1. The third kappa shape index (κ3) is 5.65. The first-order valence-electron chi connectivity index (χ1n) is 12.9. The molecule has 6 heteroatoms. The second kappa shape index (κ2) is 11.6. The topological polar surface area (TPSA) is 57.2 Å². The van der Waals surface area contributed by atoms with Crippen LogP contribution in [-0.2, 0) is 4.79 Å². The Morgan fingerprint density at radius 3 is 2.59 bits per heavy atom. The quantitative estimate of drug-likeness (QED) is 0.450. The zero-order valence-corrected chi connectivity index (χ0v) is 21.9. The van der Waals surface area contributed by atoms with Gasteiger partial charge in [0.05, 0.1) is 12.2 Å². The molecule has 0 bridgehead atoms. The molecule has 1 aromatic carbocycles. The van der Waals surface area contributed by atoms with Crippen LogP contribution in [0.25, 0.3) is 0 Å². The first-order valence-corrected chi connectivity index (χ1v) is 12.9. The van der Waals surface area contributed by atoms with Crippen molar-refractivity contribution in [2.75, 3.05) is 24.6 Å². The number of amidine groups is 1. The SMILES string of the molecule is C=C(CCC)N1N=C(c2cc(N3CCC(C)CC3)ccc2OCC)NC(=O)/C1=C(\C)C(C)CC. The average molecular weight is 467 g/mol. The van der Waals surface area contributed by atoms with E-state index in [1.807, 2.05) is 19.9 Å². The lowest BCUT2D eigenvalue weighted by Crippen LogP contribution is -2.44. The molecule has 1 N–H and O–H groups in total. The highest BCUT2D eigenvalue weighted by Gasteiger charge is 2.31. The summed E-state index contributed by atoms with van der Waals surface area (Å²) < 4.78 is 5.95. The minimum Gasteiger partial charge on any atom is -0.493 e. The van der Waals surface area contributed by atoms with Crippen molar-refractivity contribution in [1.82, 2.24) is 10.3 Å². The summed E-state index contributed by atoms with van der Waals surface area (Å²) in [5.41, 5.74) is 4.39. The summed E-state index contributed by atoms with van der Waals surface area (Å²) >= 11 is 0. The van der Waals surface area contributed by atoms with Gasteiger partial charge in [-0.25, -0.2) is 5.01 Å². The average Bonchev–Trinajstić information content (AvgIpc) is 2.83. The second-order valence-corrected chi connectivity index (χ2v) is 9.65. The summed E-state index contributed by atoms with van der Waals surface area (Å²) in [5, 5.41) is 9.79. The summed E-state index contributed by atoms with van der Waals surface area (Å²) in [7, 11) is 0. The maximum absolute atomic E-state index is 13.5. The number of amides is 1. The molecule has 0 saturated carbocycles. The van der Waals surface area contributed by atoms with Gasteiger partial charge in [-0.05, 0) is 75.1 Å². The van der Waals surface area contributed by atoms with Crippen LogP contribution in [0.4, 0.5) is 5.69 Å². The van der Waals surface area contributed by atoms with Crippen LogP contribution in [-0.4, -0.2) is 36.4 Å². The van der Waals surface area contributed by atoms with Crippen LogP contribution in [0.3, 0.4) is 0 Å². The van der Waals surface area contributed by atoms with Gasteiger partial charge in [-0.15, -0.1) is 5.10 Å². The fourth-order valence-electron chi connectivity index (χ4n) is 4.52. The summed E-state index contributed by atoms with van der Waals surface area (Å²) in [6.45, 7) is 19.6. The number of rotatable bonds is 9. The van der Waals surface area contributed by atoms with E-state index in [1.54, 1.807) is 5.01 Å². The van der Waals surface area contributed by atoms with E-state index in [4.69, 9.17) is 9.84 Å². The molecule has 2 aliphatic heterocycles. The van der Waals surface area contributed by atoms with Crippen molar-refractivity contribution in [1.29, 1.82) is 0 Å². The monoisotopic (exact) mass is 466 g/mol. The molecule has 1 fully saturated rings. The second-order valence-electron chi connectivity index (χ2n) is 9.65. The van der Waals surface area contributed by atoms with Gasteiger partial charge in [0.2, 0.25) is 0 Å². The van der Waals surface area contributed by atoms with Gasteiger partial charge >= 0.3 is 0 Å². The van der Waals surface area contributed by atoms with Crippen LogP contribution in [0, 0.1) is 11.8 Å². The third-order valence-electron chi connectivity index (χ3n) is 7.09. The fraction of sp³-hybridized carbons (Fsp3) is 0.571. The van der Waals surface area contributed by atoms with Crippen molar-refractivity contribution in [2.24, 2.45) is 16.9 Å². The Kier molecular flexibility index (Phi) is 8.81. The van der Waals surface area contributed by atoms with E-state index in [0.29, 0.717) is 18.1 Å². The zero-order chi connectivity index (χ0) is 24.8. The largest absolute Gasteiger partial charge is 0.493 e. The highest BCUT2D eigenvalue weighted by atomic mass is 16.5. The van der Waals surface area contributed by atoms with Crippen molar-refractivity contribution < 1.29 is 9.53 Å². The molecule has 3 rings (SSSR count). The summed E-state index contributed by atoms with van der Waals surface area (Å²) in [6, 6.07) is 6.22. The van der Waals surface area contributed by atoms with E-state index in [0.717, 1.165) is 66.5 Å². The first kappa shape index (κ1) is 25.9. The molecule has 186 valence electrons. The molecule has 2 aliphatic rings. The molecule has 1 saturated heterocycles. The molecule has 1 unspecified atom stereocenters. The van der Waals surface area contributed by atoms with Crippen molar-refractivity contribution in [3.8, 4) is 5.75 Å². The van der Waals surface area contributed by atoms with Crippen LogP contribution in [0.2, 0.25) is 0 Å². The number of carbonyl (C=O) groups is 1. The molecule has 1 aromatic rings. The van der Waals surface area contributed by atoms with Crippen LogP contribution < -0.4 is 15.0 Å². The van der Waals surface area contributed by atoms with Gasteiger partial charge < -0.3 is 15.0 Å². The highest BCUT2D eigenvalue weighted by Crippen LogP contribution is 2.32. The molecule has 0 radical (unpaired) electrons. The fourth-order valence-corrected chi connectivity index (χ4v) is 4.52. The van der Waals surface area contributed by atoms with Gasteiger partial charge in [-0.2, -0.15) is 0 Å². The lowest BCUT2D eigenvalue weighted by atomic mass is 9.96. The number of hydrogen-bond donors (Lipinski definition) is 1. The Bertz CT molecular complexity index is 957. The summed E-state index contributed by atoms with van der Waals surface area (Å²) in [6.07, 6.45) is 5.04. The molecule has 34 heavy (non-hydrogen) atoms. The van der Waals surface area contributed by atoms with Gasteiger partial charge in [0.25, 0.3) is 5.91 Å². The van der Waals surface area contributed by atoms with E-state index in [2.05, 4.69) is 56.6 Å². The van der Waals surface area contributed by atoms with Crippen LogP contribution in [0.1, 0.15) is 79.2 Å². The molecular formula is C28H42N4O2. The van der Waals surface area contributed by atoms with Crippen molar-refractivity contribution in [3.05, 3.63) is 47.3 Å². The molecule has 0 spiro atoms. The molecule has 1 atom stereocenters. The van der Waals surface area contributed by atoms with E-state index < -0.39 is 0 Å². The number of nitrogens with zero attached hydrogens (tertiary/aromatic N) is 3. The predicted octanol–water partition coefficient (Wildman–Crippen LogP) is 6.05. The zero-order valence-electron chi connectivity index (χ0n) is 21.9. The Morgan fingerprint density at radius 2 is 1.97 bits per heavy atom. The van der Waals surface area contributed by atoms with Crippen LogP contribution >= 0.6 is 0 Å². The molecule has 0 aliphatic carbocycles. The van der Waals surface area contributed by atoms with Gasteiger partial charge in [0.1, 0.15) is 11.4 Å². The number of allylic oxidation sites excluding steroid dienone is 2. The highest BCUT2D eigenvalue weighted by molar-refractivity contribution is 6.15. The Hall–Kier alpha value is -2.76. The lowest BCUT2D eigenvalue weighted by molar-refractivity contribution is -0.118. The third-order valence-corrected chi connectivity index (χ3v) is 7.09. The number of hydrazone groups is 1. The Balaban J connectivity index is 2.08. The maximum Gasteiger partial charge on any atom is 0.275 e. The minimum absolute atomic E-state index is 0.139. The van der Waals surface area contributed by atoms with E-state index in [9.17, 15) is 4.79 Å². The number of nitrogens with one attached hydrogen (secondary N) is 1. The van der Waals surface area contributed by atoms with Crippen LogP contribution in [0.15, 0.2) is 46.8 Å². The first-order chi connectivity index (χ1) is 16.3. The van der Waals surface area contributed by atoms with Gasteiger partial charge in [0, 0.05) is 24.5 Å². The molecule has 6 nitrogen and oxygen atoms in total. The lowest BCUT2D eigenvalue weighted by Gasteiger charge is -2.34. The normalized spacial score (nSPS) is 19.5. The Morgan fingerprint density at radius 1 is 1.26 bits per heavy atom. The van der Waals surface area contributed by atoms with Gasteiger partial charge in [-0.3, -0.25) is 4.79 Å². The van der Waals surface area contributed by atoms with E-state index in [-0.39, 0.29) is 11.8 Å². The van der Waals surface area contributed by atoms with Crippen molar-refractivity contribution in [2.45, 2.75) is 73.6 Å². The predicted molar refractivity (Wildman–Crippen MR) is 141 cm³/mol. The molecular weight excluding hydrogens is 424 g/mol. The van der Waals surface area contributed by atoms with E-state index >= 15 is 0 Å². The molecule has 0 aromatic heterocycles. The minimum atomic E-state index is -0.139. The van der Waals surface area contributed by atoms with Crippen molar-refractivity contribution >= 4 is 17.4 Å². The van der Waals surface area contributed by atoms with Crippen LogP contribution in [0.5, 0.6) is 5.75 Å². The summed E-state index contributed by atoms with van der Waals surface area (Å²) in [5.74, 6) is 2.14. The summed E-state index contributed by atoms with van der Waals surface area (Å²) in [4.78, 5) is 15.9. The maximum atomic E-state index is 13.5.